The first-order valence-corrected chi connectivity index (χ1v) is 9.37. The molecular weight excluding hydrogens is 308 g/mol. The molecule has 4 rings (SSSR count). The molecule has 0 saturated carbocycles. The number of aromatic nitrogens is 2. The van der Waals surface area contributed by atoms with Crippen LogP contribution in [0.25, 0.3) is 0 Å². The summed E-state index contributed by atoms with van der Waals surface area (Å²) in [5, 5.41) is 7.37. The molecule has 0 aromatic carbocycles. The zero-order valence-corrected chi connectivity index (χ0v) is 14.7. The van der Waals surface area contributed by atoms with Gasteiger partial charge in [0, 0.05) is 42.3 Å². The van der Waals surface area contributed by atoms with Gasteiger partial charge in [0.15, 0.2) is 5.13 Å². The Morgan fingerprint density at radius 1 is 1.22 bits per heavy atom. The second-order valence-electron chi connectivity index (χ2n) is 6.85. The number of rotatable bonds is 3. The van der Waals surface area contributed by atoms with Crippen LogP contribution in [0, 0.1) is 13.8 Å². The van der Waals surface area contributed by atoms with Crippen molar-refractivity contribution in [2.75, 3.05) is 24.5 Å². The Labute approximate surface area is 141 Å². The van der Waals surface area contributed by atoms with Gasteiger partial charge in [0.05, 0.1) is 5.69 Å². The van der Waals surface area contributed by atoms with E-state index >= 15 is 0 Å². The van der Waals surface area contributed by atoms with Gasteiger partial charge in [0.2, 0.25) is 0 Å². The summed E-state index contributed by atoms with van der Waals surface area (Å²) >= 11 is 1.75. The van der Waals surface area contributed by atoms with Gasteiger partial charge in [-0.1, -0.05) is 5.16 Å². The summed E-state index contributed by atoms with van der Waals surface area (Å²) in [4.78, 5) is 9.61. The minimum Gasteiger partial charge on any atom is -0.361 e. The average Bonchev–Trinajstić information content (AvgIpc) is 3.27. The molecule has 2 aromatic heterocycles. The molecule has 2 aliphatic rings. The van der Waals surface area contributed by atoms with Crippen molar-refractivity contribution in [2.45, 2.75) is 51.6 Å². The van der Waals surface area contributed by atoms with E-state index in [4.69, 9.17) is 4.52 Å². The summed E-state index contributed by atoms with van der Waals surface area (Å²) in [6.45, 7) is 8.50. The molecule has 4 heterocycles. The Morgan fingerprint density at radius 3 is 2.70 bits per heavy atom. The van der Waals surface area contributed by atoms with Gasteiger partial charge in [-0.25, -0.2) is 4.98 Å². The molecule has 2 aromatic rings. The Morgan fingerprint density at radius 2 is 2.04 bits per heavy atom. The number of piperidine rings is 1. The second kappa shape index (κ2) is 5.91. The van der Waals surface area contributed by atoms with Crippen molar-refractivity contribution in [3.05, 3.63) is 28.6 Å². The van der Waals surface area contributed by atoms with Gasteiger partial charge in [0.1, 0.15) is 5.76 Å². The van der Waals surface area contributed by atoms with Gasteiger partial charge in [-0.05, 0) is 46.1 Å². The van der Waals surface area contributed by atoms with E-state index in [1.807, 2.05) is 13.1 Å². The van der Waals surface area contributed by atoms with Crippen LogP contribution in [0.5, 0.6) is 0 Å². The lowest BCUT2D eigenvalue weighted by Gasteiger charge is -2.45. The van der Waals surface area contributed by atoms with Crippen LogP contribution in [-0.4, -0.2) is 40.2 Å². The molecule has 6 heteroatoms. The van der Waals surface area contributed by atoms with Gasteiger partial charge in [-0.2, -0.15) is 0 Å². The zero-order chi connectivity index (χ0) is 15.9. The molecule has 0 radical (unpaired) electrons. The molecule has 0 N–H and O–H groups in total. The van der Waals surface area contributed by atoms with E-state index in [0.29, 0.717) is 5.54 Å². The highest BCUT2D eigenvalue weighted by Crippen LogP contribution is 2.40. The summed E-state index contributed by atoms with van der Waals surface area (Å²) < 4.78 is 5.36. The highest BCUT2D eigenvalue weighted by atomic mass is 32.1. The summed E-state index contributed by atoms with van der Waals surface area (Å²) in [5.41, 5.74) is 2.70. The quantitative estimate of drug-likeness (QED) is 0.862. The minimum atomic E-state index is 0.365. The number of nitrogens with zero attached hydrogens (tertiary/aromatic N) is 4. The molecule has 0 bridgehead atoms. The topological polar surface area (TPSA) is 45.4 Å². The maximum absolute atomic E-state index is 5.36. The largest absolute Gasteiger partial charge is 0.361 e. The standard InChI is InChI=1S/C17H24N4OS/c1-13-15(14(2)22-19-13)12-21-8-3-4-17(21)5-9-20(10-6-17)16-18-7-11-23-16/h7,11H,3-6,8-10,12H2,1-2H3. The first-order chi connectivity index (χ1) is 11.2. The molecule has 0 atom stereocenters. The van der Waals surface area contributed by atoms with Crippen LogP contribution in [0.4, 0.5) is 5.13 Å². The van der Waals surface area contributed by atoms with E-state index in [9.17, 15) is 0 Å². The zero-order valence-electron chi connectivity index (χ0n) is 13.9. The molecule has 0 unspecified atom stereocenters. The van der Waals surface area contributed by atoms with Crippen molar-refractivity contribution in [1.29, 1.82) is 0 Å². The van der Waals surface area contributed by atoms with E-state index in [-0.39, 0.29) is 0 Å². The number of likely N-dealkylation sites (tertiary alicyclic amines) is 1. The number of thiazole rings is 1. The number of hydrogen-bond donors (Lipinski definition) is 0. The molecular formula is C17H24N4OS. The molecule has 2 fully saturated rings. The number of aryl methyl sites for hydroxylation is 2. The van der Waals surface area contributed by atoms with Crippen molar-refractivity contribution in [1.82, 2.24) is 15.0 Å². The smallest absolute Gasteiger partial charge is 0.185 e. The van der Waals surface area contributed by atoms with Gasteiger partial charge in [0.25, 0.3) is 0 Å². The Bertz CT molecular complexity index is 639. The lowest BCUT2D eigenvalue weighted by Crippen LogP contribution is -2.51. The lowest BCUT2D eigenvalue weighted by molar-refractivity contribution is 0.0991. The molecule has 124 valence electrons. The van der Waals surface area contributed by atoms with Gasteiger partial charge >= 0.3 is 0 Å². The predicted octanol–water partition coefficient (Wildman–Crippen LogP) is 3.38. The van der Waals surface area contributed by atoms with Crippen molar-refractivity contribution in [3.63, 3.8) is 0 Å². The third kappa shape index (κ3) is 2.68. The second-order valence-corrected chi connectivity index (χ2v) is 7.73. The lowest BCUT2D eigenvalue weighted by atomic mass is 9.85. The van der Waals surface area contributed by atoms with Crippen LogP contribution in [0.2, 0.25) is 0 Å². The van der Waals surface area contributed by atoms with Gasteiger partial charge in [-0.3, -0.25) is 4.90 Å². The van der Waals surface area contributed by atoms with Crippen LogP contribution in [0.1, 0.15) is 42.7 Å². The van der Waals surface area contributed by atoms with E-state index < -0.39 is 0 Å². The molecule has 0 aliphatic carbocycles. The van der Waals surface area contributed by atoms with Crippen molar-refractivity contribution < 1.29 is 4.52 Å². The molecule has 2 saturated heterocycles. The van der Waals surface area contributed by atoms with Crippen LogP contribution in [0.3, 0.4) is 0 Å². The van der Waals surface area contributed by atoms with Crippen molar-refractivity contribution in [3.8, 4) is 0 Å². The fourth-order valence-corrected chi connectivity index (χ4v) is 4.91. The Balaban J connectivity index is 1.48. The van der Waals surface area contributed by atoms with E-state index in [2.05, 4.69) is 32.2 Å². The number of anilines is 1. The van der Waals surface area contributed by atoms with Gasteiger partial charge < -0.3 is 9.42 Å². The summed E-state index contributed by atoms with van der Waals surface area (Å²) in [6.07, 6.45) is 7.00. The molecule has 1 spiro atoms. The summed E-state index contributed by atoms with van der Waals surface area (Å²) in [6, 6.07) is 0. The summed E-state index contributed by atoms with van der Waals surface area (Å²) in [5.74, 6) is 0.977. The Hall–Kier alpha value is -1.40. The fraction of sp³-hybridized carbons (Fsp3) is 0.647. The third-order valence-electron chi connectivity index (χ3n) is 5.66. The van der Waals surface area contributed by atoms with Crippen LogP contribution < -0.4 is 4.90 Å². The van der Waals surface area contributed by atoms with Crippen LogP contribution in [0.15, 0.2) is 16.1 Å². The number of hydrogen-bond acceptors (Lipinski definition) is 6. The van der Waals surface area contributed by atoms with E-state index in [0.717, 1.165) is 31.1 Å². The van der Waals surface area contributed by atoms with Crippen LogP contribution >= 0.6 is 11.3 Å². The monoisotopic (exact) mass is 332 g/mol. The SMILES string of the molecule is Cc1noc(C)c1CN1CCCC12CCN(c1nccs1)CC2. The van der Waals surface area contributed by atoms with Gasteiger partial charge in [-0.15, -0.1) is 11.3 Å². The highest BCUT2D eigenvalue weighted by Gasteiger charge is 2.43. The third-order valence-corrected chi connectivity index (χ3v) is 6.49. The molecule has 2 aliphatic heterocycles. The molecule has 0 amide bonds. The van der Waals surface area contributed by atoms with E-state index in [1.54, 1.807) is 11.3 Å². The first-order valence-electron chi connectivity index (χ1n) is 8.49. The fourth-order valence-electron chi connectivity index (χ4n) is 4.21. The van der Waals surface area contributed by atoms with Crippen LogP contribution in [-0.2, 0) is 6.54 Å². The molecule has 23 heavy (non-hydrogen) atoms. The molecule has 5 nitrogen and oxygen atoms in total. The van der Waals surface area contributed by atoms with Crippen molar-refractivity contribution >= 4 is 16.5 Å². The maximum atomic E-state index is 5.36. The first kappa shape index (κ1) is 15.1. The van der Waals surface area contributed by atoms with E-state index in [1.165, 1.54) is 42.9 Å². The highest BCUT2D eigenvalue weighted by molar-refractivity contribution is 7.13. The maximum Gasteiger partial charge on any atom is 0.185 e. The normalized spacial score (nSPS) is 21.4. The predicted molar refractivity (Wildman–Crippen MR) is 91.9 cm³/mol. The van der Waals surface area contributed by atoms with Crippen molar-refractivity contribution in [2.24, 2.45) is 0 Å². The minimum absolute atomic E-state index is 0.365. The average molecular weight is 332 g/mol. The summed E-state index contributed by atoms with van der Waals surface area (Å²) in [7, 11) is 0. The Kier molecular flexibility index (Phi) is 3.89.